The number of hydrogen-bond donors (Lipinski definition) is 2. The average Bonchev–Trinajstić information content (AvgIpc) is 2.27. The first-order valence-corrected chi connectivity index (χ1v) is 5.18. The Morgan fingerprint density at radius 2 is 2.28 bits per heavy atom. The summed E-state index contributed by atoms with van der Waals surface area (Å²) < 4.78 is 28.1. The zero-order valence-electron chi connectivity index (χ0n) is 9.69. The Morgan fingerprint density at radius 1 is 1.56 bits per heavy atom. The van der Waals surface area contributed by atoms with Crippen LogP contribution in [0.15, 0.2) is 6.07 Å². The molecule has 0 atom stereocenters. The van der Waals surface area contributed by atoms with Crippen molar-refractivity contribution in [1.82, 2.24) is 9.97 Å². The molecular weight excluding hydrogens is 248 g/mol. The number of ether oxygens (including phenoxy) is 1. The van der Waals surface area contributed by atoms with Gasteiger partial charge in [0.25, 0.3) is 6.43 Å². The van der Waals surface area contributed by atoms with Gasteiger partial charge in [0.05, 0.1) is 6.61 Å². The summed E-state index contributed by atoms with van der Waals surface area (Å²) in [5, 5.41) is 11.5. The van der Waals surface area contributed by atoms with Gasteiger partial charge in [0.2, 0.25) is 5.95 Å². The molecule has 100 valence electrons. The number of carbonyl (C=O) groups is 1. The molecule has 0 amide bonds. The molecule has 0 aliphatic rings. The predicted octanol–water partition coefficient (Wildman–Crippen LogP) is 1.18. The molecule has 0 aliphatic carbocycles. The van der Waals surface area contributed by atoms with Crippen LogP contribution in [0.1, 0.15) is 16.2 Å². The Bertz CT molecular complexity index is 415. The van der Waals surface area contributed by atoms with E-state index in [4.69, 9.17) is 5.11 Å². The molecule has 0 aliphatic heterocycles. The first kappa shape index (κ1) is 14.2. The second-order valence-electron chi connectivity index (χ2n) is 3.42. The van der Waals surface area contributed by atoms with E-state index in [2.05, 4.69) is 20.0 Å². The Kier molecular flexibility index (Phi) is 5.37. The molecule has 0 aromatic carbocycles. The van der Waals surface area contributed by atoms with Crippen LogP contribution in [-0.2, 0) is 4.74 Å². The molecule has 1 aromatic heterocycles. The normalized spacial score (nSPS) is 10.7. The lowest BCUT2D eigenvalue weighted by molar-refractivity contribution is 0.0214. The number of rotatable bonds is 7. The maximum atomic E-state index is 11.7. The van der Waals surface area contributed by atoms with Crippen molar-refractivity contribution in [3.05, 3.63) is 17.5 Å². The third-order valence-corrected chi connectivity index (χ3v) is 1.85. The van der Waals surface area contributed by atoms with Gasteiger partial charge in [0, 0.05) is 12.2 Å². The first-order chi connectivity index (χ1) is 8.49. The standard InChI is InChI=1S/C10H13F2N3O3/c1-6-4-7(9(16)17)15-10(14-6)13-2-3-18-5-8(11)12/h4,8H,2-3,5H2,1H3,(H,16,17)(H,13,14,15). The quantitative estimate of drug-likeness (QED) is 0.717. The lowest BCUT2D eigenvalue weighted by Crippen LogP contribution is -2.15. The van der Waals surface area contributed by atoms with Gasteiger partial charge in [-0.3, -0.25) is 0 Å². The van der Waals surface area contributed by atoms with Crippen LogP contribution < -0.4 is 5.32 Å². The number of hydrogen-bond acceptors (Lipinski definition) is 5. The highest BCUT2D eigenvalue weighted by Crippen LogP contribution is 2.04. The molecule has 0 bridgehead atoms. The van der Waals surface area contributed by atoms with Crippen LogP contribution in [0.2, 0.25) is 0 Å². The Hall–Kier alpha value is -1.83. The summed E-state index contributed by atoms with van der Waals surface area (Å²) >= 11 is 0. The summed E-state index contributed by atoms with van der Waals surface area (Å²) in [5.41, 5.74) is 0.372. The van der Waals surface area contributed by atoms with Crippen molar-refractivity contribution < 1.29 is 23.4 Å². The minimum Gasteiger partial charge on any atom is -0.477 e. The molecule has 1 aromatic rings. The number of aromatic carboxylic acids is 1. The SMILES string of the molecule is Cc1cc(C(=O)O)nc(NCCOCC(F)F)n1. The fraction of sp³-hybridized carbons (Fsp3) is 0.500. The van der Waals surface area contributed by atoms with Crippen molar-refractivity contribution in [3.8, 4) is 0 Å². The van der Waals surface area contributed by atoms with E-state index in [1.165, 1.54) is 6.07 Å². The Balaban J connectivity index is 2.44. The van der Waals surface area contributed by atoms with Crippen LogP contribution in [-0.4, -0.2) is 47.2 Å². The van der Waals surface area contributed by atoms with Crippen molar-refractivity contribution >= 4 is 11.9 Å². The monoisotopic (exact) mass is 261 g/mol. The lowest BCUT2D eigenvalue weighted by Gasteiger charge is -2.07. The van der Waals surface area contributed by atoms with Gasteiger partial charge in [0.1, 0.15) is 6.61 Å². The first-order valence-electron chi connectivity index (χ1n) is 5.18. The number of alkyl halides is 2. The summed E-state index contributed by atoms with van der Waals surface area (Å²) in [5.74, 6) is -1.02. The van der Waals surface area contributed by atoms with Crippen LogP contribution in [0.3, 0.4) is 0 Å². The van der Waals surface area contributed by atoms with Crippen molar-refractivity contribution in [2.75, 3.05) is 25.1 Å². The maximum absolute atomic E-state index is 11.7. The topological polar surface area (TPSA) is 84.3 Å². The van der Waals surface area contributed by atoms with E-state index >= 15 is 0 Å². The number of aryl methyl sites for hydroxylation is 1. The van der Waals surface area contributed by atoms with Crippen molar-refractivity contribution in [2.24, 2.45) is 0 Å². The molecule has 0 radical (unpaired) electrons. The van der Waals surface area contributed by atoms with E-state index in [9.17, 15) is 13.6 Å². The number of aromatic nitrogens is 2. The third kappa shape index (κ3) is 5.00. The fourth-order valence-corrected chi connectivity index (χ4v) is 1.16. The summed E-state index contributed by atoms with van der Waals surface area (Å²) in [7, 11) is 0. The molecule has 2 N–H and O–H groups in total. The van der Waals surface area contributed by atoms with Gasteiger partial charge in [-0.05, 0) is 13.0 Å². The summed E-state index contributed by atoms with van der Waals surface area (Å²) in [6.45, 7) is 1.28. The van der Waals surface area contributed by atoms with E-state index in [1.54, 1.807) is 6.92 Å². The van der Waals surface area contributed by atoms with Crippen molar-refractivity contribution in [3.63, 3.8) is 0 Å². The van der Waals surface area contributed by atoms with Crippen LogP contribution in [0, 0.1) is 6.92 Å². The lowest BCUT2D eigenvalue weighted by atomic mass is 10.3. The summed E-state index contributed by atoms with van der Waals surface area (Å²) in [6.07, 6.45) is -2.50. The second-order valence-corrected chi connectivity index (χ2v) is 3.42. The van der Waals surface area contributed by atoms with Crippen LogP contribution in [0.25, 0.3) is 0 Å². The molecule has 0 fully saturated rings. The summed E-state index contributed by atoms with van der Waals surface area (Å²) in [6, 6.07) is 1.33. The molecule has 1 rings (SSSR count). The Labute approximate surface area is 102 Å². The highest BCUT2D eigenvalue weighted by atomic mass is 19.3. The number of carboxylic acid groups (broad SMARTS) is 1. The van der Waals surface area contributed by atoms with Gasteiger partial charge in [0.15, 0.2) is 5.69 Å². The van der Waals surface area contributed by atoms with Gasteiger partial charge in [-0.25, -0.2) is 23.5 Å². The van der Waals surface area contributed by atoms with Crippen molar-refractivity contribution in [2.45, 2.75) is 13.3 Å². The molecule has 0 spiro atoms. The van der Waals surface area contributed by atoms with Gasteiger partial charge >= 0.3 is 5.97 Å². The molecule has 8 heteroatoms. The van der Waals surface area contributed by atoms with Gasteiger partial charge < -0.3 is 15.2 Å². The van der Waals surface area contributed by atoms with Crippen LogP contribution in [0.5, 0.6) is 0 Å². The summed E-state index contributed by atoms with van der Waals surface area (Å²) in [4.78, 5) is 18.4. The molecular formula is C10H13F2N3O3. The minimum atomic E-state index is -2.50. The number of nitrogens with one attached hydrogen (secondary N) is 1. The fourth-order valence-electron chi connectivity index (χ4n) is 1.16. The van der Waals surface area contributed by atoms with E-state index < -0.39 is 19.0 Å². The van der Waals surface area contributed by atoms with Crippen molar-refractivity contribution in [1.29, 1.82) is 0 Å². The average molecular weight is 261 g/mol. The molecule has 1 heterocycles. The minimum absolute atomic E-state index is 0.0596. The number of nitrogens with zero attached hydrogens (tertiary/aromatic N) is 2. The van der Waals surface area contributed by atoms with E-state index in [0.717, 1.165) is 0 Å². The van der Waals surface area contributed by atoms with Crippen LogP contribution in [0.4, 0.5) is 14.7 Å². The van der Waals surface area contributed by atoms with Crippen LogP contribution >= 0.6 is 0 Å². The Morgan fingerprint density at radius 3 is 2.89 bits per heavy atom. The highest BCUT2D eigenvalue weighted by Gasteiger charge is 2.08. The number of halogens is 2. The van der Waals surface area contributed by atoms with Gasteiger partial charge in [-0.2, -0.15) is 0 Å². The number of carboxylic acids is 1. The molecule has 0 saturated carbocycles. The van der Waals surface area contributed by atoms with E-state index in [-0.39, 0.29) is 24.8 Å². The smallest absolute Gasteiger partial charge is 0.354 e. The zero-order chi connectivity index (χ0) is 13.5. The highest BCUT2D eigenvalue weighted by molar-refractivity contribution is 5.85. The van der Waals surface area contributed by atoms with Gasteiger partial charge in [-0.1, -0.05) is 0 Å². The largest absolute Gasteiger partial charge is 0.477 e. The molecule has 0 saturated heterocycles. The maximum Gasteiger partial charge on any atom is 0.354 e. The predicted molar refractivity (Wildman–Crippen MR) is 59.0 cm³/mol. The zero-order valence-corrected chi connectivity index (χ0v) is 9.69. The van der Waals surface area contributed by atoms with E-state index in [0.29, 0.717) is 5.69 Å². The molecule has 0 unspecified atom stereocenters. The second kappa shape index (κ2) is 6.80. The van der Waals surface area contributed by atoms with E-state index in [1.807, 2.05) is 0 Å². The number of anilines is 1. The molecule has 6 nitrogen and oxygen atoms in total. The third-order valence-electron chi connectivity index (χ3n) is 1.85. The molecule has 18 heavy (non-hydrogen) atoms. The van der Waals surface area contributed by atoms with Gasteiger partial charge in [-0.15, -0.1) is 0 Å².